The zero-order chi connectivity index (χ0) is 22.8. The molecule has 0 saturated heterocycles. The van der Waals surface area contributed by atoms with Crippen molar-refractivity contribution in [1.82, 2.24) is 0 Å². The summed E-state index contributed by atoms with van der Waals surface area (Å²) in [6.07, 6.45) is 8.25. The standard InChI is InChI=1S/2C14H12S2.Ni/c2*15-13-8-4-7-12(14(13)16)10-9-11-5-2-1-3-6-11;/h2*1-10,15-16H;. The summed E-state index contributed by atoms with van der Waals surface area (Å²) >= 11 is 17.5. The molecule has 0 nitrogen and oxygen atoms in total. The maximum Gasteiger partial charge on any atom is 0.0246 e. The molecule has 4 aromatic carbocycles. The quantitative estimate of drug-likeness (QED) is 0.110. The molecule has 0 unspecified atom stereocenters. The van der Waals surface area contributed by atoms with E-state index in [1.165, 1.54) is 11.1 Å². The summed E-state index contributed by atoms with van der Waals surface area (Å²) in [5.74, 6) is 0. The van der Waals surface area contributed by atoms with Crippen molar-refractivity contribution in [1.29, 1.82) is 0 Å². The summed E-state index contributed by atoms with van der Waals surface area (Å²) < 4.78 is 0. The Bertz CT molecular complexity index is 1110. The summed E-state index contributed by atoms with van der Waals surface area (Å²) in [4.78, 5) is 3.63. The van der Waals surface area contributed by atoms with E-state index < -0.39 is 0 Å². The Morgan fingerprint density at radius 2 is 0.758 bits per heavy atom. The Balaban J connectivity index is 0.000000227. The van der Waals surface area contributed by atoms with E-state index in [-0.39, 0.29) is 16.5 Å². The average molecular weight is 547 g/mol. The van der Waals surface area contributed by atoms with E-state index in [0.29, 0.717) is 0 Å². The van der Waals surface area contributed by atoms with E-state index in [9.17, 15) is 0 Å². The van der Waals surface area contributed by atoms with Crippen LogP contribution in [0, 0.1) is 0 Å². The van der Waals surface area contributed by atoms with Crippen LogP contribution in [-0.4, -0.2) is 0 Å². The number of hydrogen-bond donors (Lipinski definition) is 4. The molecular formula is C28H24NiS4. The third-order valence-corrected chi connectivity index (χ3v) is 6.70. The van der Waals surface area contributed by atoms with Crippen molar-refractivity contribution in [3.63, 3.8) is 0 Å². The van der Waals surface area contributed by atoms with Gasteiger partial charge in [-0.05, 0) is 34.4 Å². The Labute approximate surface area is 228 Å². The van der Waals surface area contributed by atoms with Crippen molar-refractivity contribution in [2.75, 3.05) is 0 Å². The van der Waals surface area contributed by atoms with E-state index in [1.54, 1.807) is 0 Å². The minimum absolute atomic E-state index is 0. The monoisotopic (exact) mass is 546 g/mol. The van der Waals surface area contributed by atoms with Crippen molar-refractivity contribution in [2.45, 2.75) is 19.6 Å². The first kappa shape index (κ1) is 27.5. The van der Waals surface area contributed by atoms with Gasteiger partial charge in [-0.1, -0.05) is 109 Å². The second kappa shape index (κ2) is 14.5. The number of benzene rings is 4. The fraction of sp³-hybridized carbons (Fsp3) is 0. The minimum Gasteiger partial charge on any atom is -0.142 e. The summed E-state index contributed by atoms with van der Waals surface area (Å²) in [5, 5.41) is 0. The summed E-state index contributed by atoms with van der Waals surface area (Å²) in [6.45, 7) is 0. The van der Waals surface area contributed by atoms with Crippen molar-refractivity contribution in [3.8, 4) is 0 Å². The van der Waals surface area contributed by atoms with Crippen molar-refractivity contribution < 1.29 is 16.5 Å². The molecule has 0 atom stereocenters. The largest absolute Gasteiger partial charge is 0.142 e. The molecule has 0 heterocycles. The first-order valence-corrected chi connectivity index (χ1v) is 11.8. The van der Waals surface area contributed by atoms with Crippen LogP contribution in [0.4, 0.5) is 0 Å². The van der Waals surface area contributed by atoms with Crippen LogP contribution < -0.4 is 0 Å². The van der Waals surface area contributed by atoms with Gasteiger partial charge in [0.1, 0.15) is 0 Å². The predicted octanol–water partition coefficient (Wildman–Crippen LogP) is 8.87. The van der Waals surface area contributed by atoms with Crippen LogP contribution in [-0.2, 0) is 16.5 Å². The molecule has 0 N–H and O–H groups in total. The maximum absolute atomic E-state index is 4.43. The van der Waals surface area contributed by atoms with Gasteiger partial charge in [-0.3, -0.25) is 0 Å². The van der Waals surface area contributed by atoms with Gasteiger partial charge in [0, 0.05) is 36.1 Å². The molecule has 5 heteroatoms. The van der Waals surface area contributed by atoms with Crippen LogP contribution in [0.15, 0.2) is 117 Å². The zero-order valence-corrected chi connectivity index (χ0v) is 22.2. The van der Waals surface area contributed by atoms with Crippen molar-refractivity contribution in [2.24, 2.45) is 0 Å². The minimum atomic E-state index is 0. The predicted molar refractivity (Wildman–Crippen MR) is 153 cm³/mol. The van der Waals surface area contributed by atoms with Crippen LogP contribution in [0.5, 0.6) is 0 Å². The molecular weight excluding hydrogens is 523 g/mol. The van der Waals surface area contributed by atoms with Gasteiger partial charge in [0.05, 0.1) is 0 Å². The molecule has 0 radical (unpaired) electrons. The molecule has 0 fully saturated rings. The van der Waals surface area contributed by atoms with Gasteiger partial charge < -0.3 is 0 Å². The van der Waals surface area contributed by atoms with Gasteiger partial charge in [-0.15, -0.1) is 50.5 Å². The van der Waals surface area contributed by atoms with Crippen molar-refractivity contribution >= 4 is 74.8 Å². The molecule has 0 amide bonds. The molecule has 0 aliphatic heterocycles. The van der Waals surface area contributed by atoms with Gasteiger partial charge in [0.15, 0.2) is 0 Å². The van der Waals surface area contributed by atoms with Crippen LogP contribution in [0.3, 0.4) is 0 Å². The van der Waals surface area contributed by atoms with E-state index in [4.69, 9.17) is 0 Å². The number of hydrogen-bond acceptors (Lipinski definition) is 4. The Morgan fingerprint density at radius 3 is 1.12 bits per heavy atom. The van der Waals surface area contributed by atoms with Crippen LogP contribution in [0.25, 0.3) is 24.3 Å². The topological polar surface area (TPSA) is 0 Å². The molecule has 170 valence electrons. The number of thiol groups is 4. The van der Waals surface area contributed by atoms with E-state index in [0.717, 1.165) is 30.7 Å². The molecule has 0 aliphatic rings. The Kier molecular flexibility index (Phi) is 12.1. The fourth-order valence-electron chi connectivity index (χ4n) is 2.87. The van der Waals surface area contributed by atoms with Crippen LogP contribution in [0.2, 0.25) is 0 Å². The van der Waals surface area contributed by atoms with Crippen LogP contribution >= 0.6 is 50.5 Å². The van der Waals surface area contributed by atoms with Gasteiger partial charge in [0.2, 0.25) is 0 Å². The summed E-state index contributed by atoms with van der Waals surface area (Å²) in [7, 11) is 0. The second-order valence-electron chi connectivity index (χ2n) is 6.92. The Morgan fingerprint density at radius 1 is 0.394 bits per heavy atom. The normalized spacial score (nSPS) is 10.5. The zero-order valence-electron chi connectivity index (χ0n) is 17.7. The molecule has 0 bridgehead atoms. The van der Waals surface area contributed by atoms with Gasteiger partial charge in [0.25, 0.3) is 0 Å². The van der Waals surface area contributed by atoms with Gasteiger partial charge in [-0.25, -0.2) is 0 Å². The Hall–Kier alpha value is -1.75. The molecule has 33 heavy (non-hydrogen) atoms. The smallest absolute Gasteiger partial charge is 0.0246 e. The van der Waals surface area contributed by atoms with Crippen LogP contribution in [0.1, 0.15) is 22.3 Å². The van der Waals surface area contributed by atoms with Gasteiger partial charge in [-0.2, -0.15) is 0 Å². The first-order chi connectivity index (χ1) is 15.5. The molecule has 0 saturated carbocycles. The van der Waals surface area contributed by atoms with Crippen molar-refractivity contribution in [3.05, 3.63) is 119 Å². The summed E-state index contributed by atoms with van der Waals surface area (Å²) in [6, 6.07) is 32.3. The van der Waals surface area contributed by atoms with Gasteiger partial charge >= 0.3 is 0 Å². The second-order valence-corrected chi connectivity index (χ2v) is 8.78. The average Bonchev–Trinajstić information content (AvgIpc) is 2.83. The third-order valence-electron chi connectivity index (χ3n) is 4.60. The maximum atomic E-state index is 4.43. The summed E-state index contributed by atoms with van der Waals surface area (Å²) in [5.41, 5.74) is 4.53. The van der Waals surface area contributed by atoms with E-state index in [1.807, 2.05) is 72.8 Å². The third kappa shape index (κ3) is 8.84. The number of rotatable bonds is 4. The molecule has 0 spiro atoms. The molecule has 0 aliphatic carbocycles. The fourth-order valence-corrected chi connectivity index (χ4v) is 3.74. The van der Waals surface area contributed by atoms with E-state index in [2.05, 4.69) is 99.1 Å². The van der Waals surface area contributed by atoms with E-state index >= 15 is 0 Å². The molecule has 0 aromatic heterocycles. The first-order valence-electron chi connectivity index (χ1n) is 10.0. The molecule has 4 rings (SSSR count). The molecule has 4 aromatic rings. The SMILES string of the molecule is Sc1cccc(C=Cc2ccccc2)c1S.Sc1cccc(C=Cc2ccccc2)c1S.[Ni].